The fraction of sp³-hybridized carbons (Fsp3) is 0.429. The van der Waals surface area contributed by atoms with Crippen molar-refractivity contribution >= 4 is 29.1 Å². The maximum Gasteiger partial charge on any atom is 0.271 e. The Kier molecular flexibility index (Phi) is 6.02. The second kappa shape index (κ2) is 8.32. The monoisotopic (exact) mass is 413 g/mol. The van der Waals surface area contributed by atoms with Crippen LogP contribution in [0.2, 0.25) is 0 Å². The number of benzene rings is 1. The van der Waals surface area contributed by atoms with E-state index in [0.717, 1.165) is 5.56 Å². The number of nitrogens with zero attached hydrogens (tertiary/aromatic N) is 3. The van der Waals surface area contributed by atoms with Gasteiger partial charge in [0.15, 0.2) is 5.96 Å². The quantitative estimate of drug-likeness (QED) is 0.760. The molecule has 2 aromatic rings. The number of hydrogen-bond acceptors (Lipinski definition) is 6. The summed E-state index contributed by atoms with van der Waals surface area (Å²) in [6, 6.07) is 9.61. The SMILES string of the molecule is CC(NC(=O)c1csc(CN2C(=O)CC(C)(C(C)C)N=C2N)n1)c1ccccc1. The van der Waals surface area contributed by atoms with Crippen molar-refractivity contribution in [3.05, 3.63) is 52.0 Å². The predicted molar refractivity (Wildman–Crippen MR) is 114 cm³/mol. The maximum absolute atomic E-state index is 12.6. The van der Waals surface area contributed by atoms with Crippen molar-refractivity contribution in [2.45, 2.75) is 52.2 Å². The van der Waals surface area contributed by atoms with Crippen LogP contribution in [-0.4, -0.2) is 33.2 Å². The first-order valence-corrected chi connectivity index (χ1v) is 10.5. The Balaban J connectivity index is 1.67. The molecule has 29 heavy (non-hydrogen) atoms. The van der Waals surface area contributed by atoms with Gasteiger partial charge >= 0.3 is 0 Å². The first-order chi connectivity index (χ1) is 13.7. The molecule has 0 saturated heterocycles. The van der Waals surface area contributed by atoms with Crippen molar-refractivity contribution in [2.24, 2.45) is 16.6 Å². The van der Waals surface area contributed by atoms with Gasteiger partial charge in [-0.1, -0.05) is 44.2 Å². The first-order valence-electron chi connectivity index (χ1n) is 9.65. The normalized spacial score (nSPS) is 20.5. The molecule has 3 N–H and O–H groups in total. The molecule has 0 spiro atoms. The van der Waals surface area contributed by atoms with Crippen LogP contribution in [0.3, 0.4) is 0 Å². The largest absolute Gasteiger partial charge is 0.369 e. The Morgan fingerprint density at radius 2 is 2.00 bits per heavy atom. The minimum atomic E-state index is -0.487. The Hall–Kier alpha value is -2.74. The van der Waals surface area contributed by atoms with Gasteiger partial charge in [0.25, 0.3) is 5.91 Å². The van der Waals surface area contributed by atoms with E-state index >= 15 is 0 Å². The molecule has 1 aliphatic rings. The minimum absolute atomic E-state index is 0.0763. The molecule has 2 unspecified atom stereocenters. The number of nitrogens with two attached hydrogens (primary N) is 1. The van der Waals surface area contributed by atoms with Crippen molar-refractivity contribution in [3.8, 4) is 0 Å². The highest BCUT2D eigenvalue weighted by Crippen LogP contribution is 2.30. The highest BCUT2D eigenvalue weighted by Gasteiger charge is 2.38. The van der Waals surface area contributed by atoms with E-state index in [1.54, 1.807) is 5.38 Å². The molecule has 1 aromatic carbocycles. The molecule has 8 heteroatoms. The molecule has 2 heterocycles. The number of amides is 2. The summed E-state index contributed by atoms with van der Waals surface area (Å²) in [5.74, 6) is 0.0840. The molecule has 154 valence electrons. The number of rotatable bonds is 6. The summed E-state index contributed by atoms with van der Waals surface area (Å²) in [6.45, 7) is 8.15. The highest BCUT2D eigenvalue weighted by molar-refractivity contribution is 7.09. The van der Waals surface area contributed by atoms with Gasteiger partial charge in [-0.05, 0) is 25.3 Å². The maximum atomic E-state index is 12.6. The number of carbonyl (C=O) groups is 2. The van der Waals surface area contributed by atoms with E-state index < -0.39 is 5.54 Å². The molecule has 3 rings (SSSR count). The third-order valence-corrected chi connectivity index (χ3v) is 6.26. The van der Waals surface area contributed by atoms with Crippen molar-refractivity contribution < 1.29 is 9.59 Å². The fourth-order valence-electron chi connectivity index (χ4n) is 3.11. The zero-order valence-electron chi connectivity index (χ0n) is 17.2. The number of aromatic nitrogens is 1. The van der Waals surface area contributed by atoms with Gasteiger partial charge in [-0.25, -0.2) is 9.98 Å². The van der Waals surface area contributed by atoms with Crippen molar-refractivity contribution in [1.82, 2.24) is 15.2 Å². The number of carbonyl (C=O) groups excluding carboxylic acids is 2. The second-order valence-corrected chi connectivity index (χ2v) is 8.81. The molecule has 0 radical (unpaired) electrons. The number of nitrogens with one attached hydrogen (secondary N) is 1. The molecule has 1 aliphatic heterocycles. The van der Waals surface area contributed by atoms with Crippen LogP contribution in [0.25, 0.3) is 0 Å². The standard InChI is InChI=1S/C21H27N5O2S/c1-13(2)21(4)10-18(27)26(20(22)25-21)11-17-24-16(12-29-17)19(28)23-14(3)15-8-6-5-7-9-15/h5-9,12-14H,10-11H2,1-4H3,(H2,22,25)(H,23,28). The summed E-state index contributed by atoms with van der Waals surface area (Å²) < 4.78 is 0. The lowest BCUT2D eigenvalue weighted by Crippen LogP contribution is -2.51. The van der Waals surface area contributed by atoms with Gasteiger partial charge < -0.3 is 11.1 Å². The summed E-state index contributed by atoms with van der Waals surface area (Å²) >= 11 is 1.33. The average Bonchev–Trinajstić information content (AvgIpc) is 3.14. The number of guanidine groups is 1. The molecule has 1 aromatic heterocycles. The molecular weight excluding hydrogens is 386 g/mol. The number of aliphatic imine (C=N–C) groups is 1. The van der Waals surface area contributed by atoms with Crippen molar-refractivity contribution in [3.63, 3.8) is 0 Å². The van der Waals surface area contributed by atoms with E-state index in [9.17, 15) is 9.59 Å². The Morgan fingerprint density at radius 1 is 1.31 bits per heavy atom. The zero-order valence-corrected chi connectivity index (χ0v) is 18.0. The molecule has 2 amide bonds. The van der Waals surface area contributed by atoms with Crippen molar-refractivity contribution in [2.75, 3.05) is 0 Å². The molecule has 0 saturated carbocycles. The van der Waals surface area contributed by atoms with E-state index in [0.29, 0.717) is 17.1 Å². The Labute approximate surface area is 175 Å². The van der Waals surface area contributed by atoms with Gasteiger partial charge in [0.2, 0.25) is 5.91 Å². The van der Waals surface area contributed by atoms with Crippen LogP contribution < -0.4 is 11.1 Å². The summed E-state index contributed by atoms with van der Waals surface area (Å²) in [6.07, 6.45) is 0.304. The molecule has 7 nitrogen and oxygen atoms in total. The van der Waals surface area contributed by atoms with Crippen LogP contribution in [-0.2, 0) is 11.3 Å². The predicted octanol–water partition coefficient (Wildman–Crippen LogP) is 3.10. The lowest BCUT2D eigenvalue weighted by molar-refractivity contribution is -0.130. The van der Waals surface area contributed by atoms with Crippen LogP contribution in [0.15, 0.2) is 40.7 Å². The van der Waals surface area contributed by atoms with Gasteiger partial charge in [-0.15, -0.1) is 11.3 Å². The molecule has 0 bridgehead atoms. The summed E-state index contributed by atoms with van der Waals surface area (Å²) in [7, 11) is 0. The molecule has 0 aliphatic carbocycles. The van der Waals surface area contributed by atoms with Gasteiger partial charge in [0.05, 0.1) is 24.5 Å². The van der Waals surface area contributed by atoms with Crippen LogP contribution in [0.1, 0.15) is 61.2 Å². The van der Waals surface area contributed by atoms with Gasteiger partial charge in [-0.3, -0.25) is 14.5 Å². The minimum Gasteiger partial charge on any atom is -0.369 e. The van der Waals surface area contributed by atoms with Gasteiger partial charge in [0, 0.05) is 5.38 Å². The van der Waals surface area contributed by atoms with Crippen LogP contribution in [0.4, 0.5) is 0 Å². The fourth-order valence-corrected chi connectivity index (χ4v) is 3.87. The van der Waals surface area contributed by atoms with Crippen LogP contribution >= 0.6 is 11.3 Å². The van der Waals surface area contributed by atoms with E-state index in [1.807, 2.05) is 58.0 Å². The van der Waals surface area contributed by atoms with Crippen LogP contribution in [0.5, 0.6) is 0 Å². The highest BCUT2D eigenvalue weighted by atomic mass is 32.1. The number of hydrogen-bond donors (Lipinski definition) is 2. The summed E-state index contributed by atoms with van der Waals surface area (Å²) in [4.78, 5) is 35.6. The zero-order chi connectivity index (χ0) is 21.2. The third-order valence-electron chi connectivity index (χ3n) is 5.43. The Morgan fingerprint density at radius 3 is 2.62 bits per heavy atom. The number of thiazole rings is 1. The molecule has 0 fully saturated rings. The van der Waals surface area contributed by atoms with E-state index in [4.69, 9.17) is 5.73 Å². The van der Waals surface area contributed by atoms with Crippen LogP contribution in [0, 0.1) is 5.92 Å². The third kappa shape index (κ3) is 4.64. The smallest absolute Gasteiger partial charge is 0.271 e. The Bertz CT molecular complexity index is 924. The lowest BCUT2D eigenvalue weighted by atomic mass is 9.84. The molecular formula is C21H27N5O2S. The first kappa shape index (κ1) is 21.0. The lowest BCUT2D eigenvalue weighted by Gasteiger charge is -2.37. The summed E-state index contributed by atoms with van der Waals surface area (Å²) in [5.41, 5.74) is 6.95. The van der Waals surface area contributed by atoms with Crippen molar-refractivity contribution in [1.29, 1.82) is 0 Å². The average molecular weight is 414 g/mol. The van der Waals surface area contributed by atoms with E-state index in [1.165, 1.54) is 16.2 Å². The second-order valence-electron chi connectivity index (χ2n) is 7.87. The molecule has 2 atom stereocenters. The van der Waals surface area contributed by atoms with E-state index in [-0.39, 0.29) is 36.3 Å². The van der Waals surface area contributed by atoms with E-state index in [2.05, 4.69) is 15.3 Å². The topological polar surface area (TPSA) is 101 Å². The van der Waals surface area contributed by atoms with Gasteiger partial charge in [0.1, 0.15) is 10.7 Å². The summed E-state index contributed by atoms with van der Waals surface area (Å²) in [5, 5.41) is 5.28. The van der Waals surface area contributed by atoms with Gasteiger partial charge in [-0.2, -0.15) is 0 Å².